The summed E-state index contributed by atoms with van der Waals surface area (Å²) in [4.78, 5) is 12.3. The van der Waals surface area contributed by atoms with Gasteiger partial charge in [0.1, 0.15) is 6.10 Å². The van der Waals surface area contributed by atoms with Crippen molar-refractivity contribution in [2.45, 2.75) is 132 Å². The molecule has 0 aromatic rings. The van der Waals surface area contributed by atoms with Crippen LogP contribution in [0.25, 0.3) is 0 Å². The molecule has 3 nitrogen and oxygen atoms in total. The molecule has 0 unspecified atom stereocenters. The van der Waals surface area contributed by atoms with Gasteiger partial charge >= 0.3 is 6.16 Å². The molecule has 3 fully saturated rings. The maximum atomic E-state index is 12.3. The molecule has 4 aliphatic carbocycles. The lowest BCUT2D eigenvalue weighted by molar-refractivity contribution is -0.0621. The number of ether oxygens (including phenoxy) is 2. The van der Waals surface area contributed by atoms with Crippen molar-refractivity contribution >= 4 is 6.16 Å². The third kappa shape index (κ3) is 5.56. The number of carbonyl (C=O) groups excluding carboxylic acids is 1. The Morgan fingerprint density at radius 1 is 1.03 bits per heavy atom. The lowest BCUT2D eigenvalue weighted by atomic mass is 9.47. The van der Waals surface area contributed by atoms with Gasteiger partial charge in [-0.15, -0.1) is 0 Å². The molecule has 3 heteroatoms. The van der Waals surface area contributed by atoms with Crippen molar-refractivity contribution in [1.29, 1.82) is 0 Å². The maximum Gasteiger partial charge on any atom is 0.508 e. The lowest BCUT2D eigenvalue weighted by Gasteiger charge is -2.58. The second-order valence-electron chi connectivity index (χ2n) is 14.3. The quantitative estimate of drug-likeness (QED) is 0.233. The summed E-state index contributed by atoms with van der Waals surface area (Å²) in [7, 11) is 0. The third-order valence-corrected chi connectivity index (χ3v) is 11.7. The molecule has 36 heavy (non-hydrogen) atoms. The Bertz CT molecular complexity index is 786. The molecule has 0 spiro atoms. The first-order valence-electron chi connectivity index (χ1n) is 15.6. The van der Waals surface area contributed by atoms with E-state index in [0.717, 1.165) is 61.2 Å². The summed E-state index contributed by atoms with van der Waals surface area (Å²) in [6.45, 7) is 17.2. The van der Waals surface area contributed by atoms with Crippen molar-refractivity contribution in [2.75, 3.05) is 6.61 Å². The predicted molar refractivity (Wildman–Crippen MR) is 149 cm³/mol. The Balaban J connectivity index is 1.38. The molecule has 0 aromatic carbocycles. The summed E-state index contributed by atoms with van der Waals surface area (Å²) in [5.74, 6) is 5.56. The average molecular weight is 501 g/mol. The van der Waals surface area contributed by atoms with Gasteiger partial charge in [-0.05, 0) is 97.2 Å². The van der Waals surface area contributed by atoms with Crippen molar-refractivity contribution in [1.82, 2.24) is 0 Å². The van der Waals surface area contributed by atoms with Crippen LogP contribution in [0.5, 0.6) is 0 Å². The van der Waals surface area contributed by atoms with Crippen LogP contribution < -0.4 is 0 Å². The molecule has 0 amide bonds. The standard InChI is InChI=1S/C33H56O3/c1-8-23(4)21-35-31(34)36-26-16-18-32(6)25(20-26)12-13-27-29-15-14-28(24(5)11-9-10-22(2)3)33(29,7)19-17-30(27)32/h12,22-24,26-30H,8-11,13-21H2,1-7H3/t23-,24+,26-,27+,28-,29-,30-,32+,33+/m1/s1. The van der Waals surface area contributed by atoms with E-state index in [9.17, 15) is 4.79 Å². The Morgan fingerprint density at radius 3 is 2.53 bits per heavy atom. The highest BCUT2D eigenvalue weighted by atomic mass is 16.7. The van der Waals surface area contributed by atoms with E-state index < -0.39 is 6.16 Å². The van der Waals surface area contributed by atoms with E-state index in [2.05, 4.69) is 54.5 Å². The van der Waals surface area contributed by atoms with Crippen LogP contribution in [0.3, 0.4) is 0 Å². The second-order valence-corrected chi connectivity index (χ2v) is 14.3. The molecule has 0 aliphatic heterocycles. The minimum absolute atomic E-state index is 0.0123. The van der Waals surface area contributed by atoms with Crippen LogP contribution in [0.2, 0.25) is 0 Å². The summed E-state index contributed by atoms with van der Waals surface area (Å²) < 4.78 is 11.2. The van der Waals surface area contributed by atoms with Crippen molar-refractivity contribution < 1.29 is 14.3 Å². The van der Waals surface area contributed by atoms with E-state index >= 15 is 0 Å². The number of fused-ring (bicyclic) bond motifs is 5. The van der Waals surface area contributed by atoms with Crippen molar-refractivity contribution in [3.63, 3.8) is 0 Å². The topological polar surface area (TPSA) is 35.5 Å². The third-order valence-electron chi connectivity index (χ3n) is 11.7. The molecule has 0 N–H and O–H groups in total. The van der Waals surface area contributed by atoms with E-state index in [-0.39, 0.29) is 6.10 Å². The fourth-order valence-corrected chi connectivity index (χ4v) is 9.25. The first-order chi connectivity index (χ1) is 17.1. The minimum atomic E-state index is -0.467. The van der Waals surface area contributed by atoms with Crippen molar-refractivity contribution in [3.05, 3.63) is 11.6 Å². The largest absolute Gasteiger partial charge is 0.508 e. The zero-order valence-corrected chi connectivity index (χ0v) is 24.6. The molecule has 0 aromatic heterocycles. The fourth-order valence-electron chi connectivity index (χ4n) is 9.25. The molecule has 9 atom stereocenters. The molecule has 0 radical (unpaired) electrons. The lowest BCUT2D eigenvalue weighted by Crippen LogP contribution is -2.51. The first-order valence-corrected chi connectivity index (χ1v) is 15.6. The smallest absolute Gasteiger partial charge is 0.434 e. The number of hydrogen-bond acceptors (Lipinski definition) is 3. The molecular formula is C33H56O3. The van der Waals surface area contributed by atoms with Crippen LogP contribution in [0, 0.1) is 52.3 Å². The molecule has 4 rings (SSSR count). The van der Waals surface area contributed by atoms with Gasteiger partial charge < -0.3 is 9.47 Å². The van der Waals surface area contributed by atoms with Gasteiger partial charge in [-0.3, -0.25) is 0 Å². The molecule has 0 bridgehead atoms. The predicted octanol–water partition coefficient (Wildman–Crippen LogP) is 9.60. The summed E-state index contributed by atoms with van der Waals surface area (Å²) in [6, 6.07) is 0. The van der Waals surface area contributed by atoms with Crippen LogP contribution >= 0.6 is 0 Å². The average Bonchev–Trinajstić information content (AvgIpc) is 3.19. The molecule has 0 saturated heterocycles. The van der Waals surface area contributed by atoms with Crippen molar-refractivity contribution in [2.24, 2.45) is 52.3 Å². The van der Waals surface area contributed by atoms with E-state index in [4.69, 9.17) is 9.47 Å². The zero-order chi connectivity index (χ0) is 26.1. The Hall–Kier alpha value is -0.990. The Labute approximate surface area is 222 Å². The number of rotatable bonds is 9. The van der Waals surface area contributed by atoms with Gasteiger partial charge in [0, 0.05) is 6.42 Å². The highest BCUT2D eigenvalue weighted by Gasteiger charge is 2.59. The molecule has 206 valence electrons. The monoisotopic (exact) mass is 500 g/mol. The van der Waals surface area contributed by atoms with Gasteiger partial charge in [0.05, 0.1) is 6.61 Å². The maximum absolute atomic E-state index is 12.3. The molecular weight excluding hydrogens is 444 g/mol. The van der Waals surface area contributed by atoms with E-state index in [0.29, 0.717) is 23.4 Å². The van der Waals surface area contributed by atoms with E-state index in [1.165, 1.54) is 51.4 Å². The highest BCUT2D eigenvalue weighted by molar-refractivity contribution is 5.60. The Morgan fingerprint density at radius 2 is 1.81 bits per heavy atom. The normalized spacial score (nSPS) is 39.4. The minimum Gasteiger partial charge on any atom is -0.434 e. The first kappa shape index (κ1) is 28.0. The van der Waals surface area contributed by atoms with Crippen molar-refractivity contribution in [3.8, 4) is 0 Å². The van der Waals surface area contributed by atoms with Gasteiger partial charge in [0.15, 0.2) is 0 Å². The van der Waals surface area contributed by atoms with Crippen LogP contribution in [0.4, 0.5) is 4.79 Å². The van der Waals surface area contributed by atoms with Gasteiger partial charge in [0.2, 0.25) is 0 Å². The molecule has 0 heterocycles. The number of hydrogen-bond donors (Lipinski definition) is 0. The summed E-state index contributed by atoms with van der Waals surface area (Å²) in [5.41, 5.74) is 2.42. The fraction of sp³-hybridized carbons (Fsp3) is 0.909. The van der Waals surface area contributed by atoms with Gasteiger partial charge in [0.25, 0.3) is 0 Å². The number of carbonyl (C=O) groups is 1. The van der Waals surface area contributed by atoms with Crippen LogP contribution in [0.1, 0.15) is 126 Å². The summed E-state index contributed by atoms with van der Waals surface area (Å²) in [6.07, 6.45) is 17.3. The van der Waals surface area contributed by atoms with E-state index in [1.807, 2.05) is 0 Å². The molecule has 3 saturated carbocycles. The number of allylic oxidation sites excluding steroid dienone is 1. The molecule has 4 aliphatic rings. The Kier molecular flexibility index (Phi) is 8.88. The van der Waals surface area contributed by atoms with Gasteiger partial charge in [-0.2, -0.15) is 0 Å². The highest BCUT2D eigenvalue weighted by Crippen LogP contribution is 2.67. The summed E-state index contributed by atoms with van der Waals surface area (Å²) >= 11 is 0. The second kappa shape index (κ2) is 11.4. The van der Waals surface area contributed by atoms with E-state index in [1.54, 1.807) is 5.57 Å². The van der Waals surface area contributed by atoms with Gasteiger partial charge in [-0.1, -0.05) is 85.8 Å². The zero-order valence-electron chi connectivity index (χ0n) is 24.6. The summed E-state index contributed by atoms with van der Waals surface area (Å²) in [5, 5.41) is 0. The van der Waals surface area contributed by atoms with Crippen LogP contribution in [-0.4, -0.2) is 18.9 Å². The SMILES string of the molecule is CC[C@@H](C)COC(=O)O[C@@H]1CC[C@@]2(C)C(=CC[C@H]3[C@H]4CC[C@H]([C@@H](C)CCCC(C)C)[C@]4(C)CC[C@H]32)C1. The van der Waals surface area contributed by atoms with Crippen LogP contribution in [0.15, 0.2) is 11.6 Å². The van der Waals surface area contributed by atoms with Crippen LogP contribution in [-0.2, 0) is 9.47 Å². The van der Waals surface area contributed by atoms with Gasteiger partial charge in [-0.25, -0.2) is 4.79 Å².